The topological polar surface area (TPSA) is 64.6 Å². The van der Waals surface area contributed by atoms with Crippen molar-refractivity contribution in [3.05, 3.63) is 29.8 Å². The largest absolute Gasteiger partial charge is 0.395 e. The first-order valence-corrected chi connectivity index (χ1v) is 7.60. The molecule has 3 N–H and O–H groups in total. The summed E-state index contributed by atoms with van der Waals surface area (Å²) in [6.07, 6.45) is 2.33. The number of amides is 1. The molecule has 0 bridgehead atoms. The van der Waals surface area contributed by atoms with Crippen molar-refractivity contribution in [2.24, 2.45) is 0 Å². The van der Waals surface area contributed by atoms with Crippen LogP contribution in [0.3, 0.4) is 0 Å². The third-order valence-corrected chi connectivity index (χ3v) is 3.76. The quantitative estimate of drug-likeness (QED) is 0.701. The molecule has 116 valence electrons. The summed E-state index contributed by atoms with van der Waals surface area (Å²) < 4.78 is 0. The van der Waals surface area contributed by atoms with Crippen LogP contribution in [0.15, 0.2) is 24.3 Å². The Bertz CT molecular complexity index is 441. The highest BCUT2D eigenvalue weighted by molar-refractivity contribution is 5.92. The Morgan fingerprint density at radius 3 is 2.81 bits per heavy atom. The Morgan fingerprint density at radius 2 is 2.19 bits per heavy atom. The second-order valence-corrected chi connectivity index (χ2v) is 5.67. The number of hydrogen-bond donors (Lipinski definition) is 3. The minimum atomic E-state index is -0.0368. The lowest BCUT2D eigenvalue weighted by Crippen LogP contribution is -2.42. The van der Waals surface area contributed by atoms with E-state index >= 15 is 0 Å². The van der Waals surface area contributed by atoms with Crippen LogP contribution in [-0.2, 0) is 4.79 Å². The van der Waals surface area contributed by atoms with Gasteiger partial charge in [-0.05, 0) is 38.4 Å². The molecule has 1 aromatic carbocycles. The lowest BCUT2D eigenvalue weighted by atomic mass is 10.2. The Kier molecular flexibility index (Phi) is 6.17. The molecular weight excluding hydrogens is 266 g/mol. The molecule has 0 saturated carbocycles. The number of aryl methyl sites for hydroxylation is 1. The summed E-state index contributed by atoms with van der Waals surface area (Å²) in [7, 11) is 0. The zero-order valence-electron chi connectivity index (χ0n) is 12.6. The fraction of sp³-hybridized carbons (Fsp3) is 0.562. The van der Waals surface area contributed by atoms with E-state index in [2.05, 4.69) is 10.6 Å². The van der Waals surface area contributed by atoms with E-state index in [1.165, 1.54) is 12.0 Å². The second kappa shape index (κ2) is 8.12. The fourth-order valence-electron chi connectivity index (χ4n) is 2.64. The van der Waals surface area contributed by atoms with Crippen molar-refractivity contribution in [2.75, 3.05) is 38.1 Å². The number of rotatable bonds is 7. The number of anilines is 1. The molecule has 2 rings (SSSR count). The molecule has 0 spiro atoms. The van der Waals surface area contributed by atoms with Gasteiger partial charge in [0.25, 0.3) is 0 Å². The minimum absolute atomic E-state index is 0.0368. The molecule has 1 atom stereocenters. The summed E-state index contributed by atoms with van der Waals surface area (Å²) in [5.41, 5.74) is 1.98. The van der Waals surface area contributed by atoms with E-state index in [1.807, 2.05) is 36.1 Å². The van der Waals surface area contributed by atoms with Crippen LogP contribution in [0.1, 0.15) is 18.4 Å². The van der Waals surface area contributed by atoms with Gasteiger partial charge in [-0.1, -0.05) is 17.7 Å². The summed E-state index contributed by atoms with van der Waals surface area (Å²) in [5, 5.41) is 15.5. The lowest BCUT2D eigenvalue weighted by molar-refractivity contribution is -0.117. The van der Waals surface area contributed by atoms with Crippen LogP contribution in [0.4, 0.5) is 5.69 Å². The number of nitrogens with one attached hydrogen (secondary N) is 2. The van der Waals surface area contributed by atoms with Crippen LogP contribution in [-0.4, -0.2) is 54.7 Å². The van der Waals surface area contributed by atoms with Gasteiger partial charge in [0, 0.05) is 24.8 Å². The molecule has 0 aromatic heterocycles. The van der Waals surface area contributed by atoms with Crippen molar-refractivity contribution in [3.63, 3.8) is 0 Å². The van der Waals surface area contributed by atoms with Crippen LogP contribution in [0.25, 0.3) is 0 Å². The normalized spacial score (nSPS) is 18.1. The van der Waals surface area contributed by atoms with Crippen LogP contribution in [0, 0.1) is 6.92 Å². The molecule has 1 unspecified atom stereocenters. The first-order valence-electron chi connectivity index (χ1n) is 7.60. The highest BCUT2D eigenvalue weighted by atomic mass is 16.3. The number of nitrogens with zero attached hydrogens (tertiary/aromatic N) is 1. The molecule has 5 heteroatoms. The third kappa shape index (κ3) is 5.46. The maximum absolute atomic E-state index is 12.1. The van der Waals surface area contributed by atoms with Crippen LogP contribution >= 0.6 is 0 Å². The van der Waals surface area contributed by atoms with Crippen molar-refractivity contribution in [3.8, 4) is 0 Å². The Balaban J connectivity index is 1.83. The lowest BCUT2D eigenvalue weighted by Gasteiger charge is -2.24. The Labute approximate surface area is 126 Å². The van der Waals surface area contributed by atoms with E-state index in [0.29, 0.717) is 19.1 Å². The molecule has 1 aliphatic rings. The number of carbonyl (C=O) groups is 1. The second-order valence-electron chi connectivity index (χ2n) is 5.67. The van der Waals surface area contributed by atoms with Gasteiger partial charge >= 0.3 is 0 Å². The number of hydrogen-bond acceptors (Lipinski definition) is 4. The van der Waals surface area contributed by atoms with Gasteiger partial charge < -0.3 is 15.7 Å². The Morgan fingerprint density at radius 1 is 1.43 bits per heavy atom. The predicted molar refractivity (Wildman–Crippen MR) is 84.4 cm³/mol. The fourth-order valence-corrected chi connectivity index (χ4v) is 2.64. The first-order chi connectivity index (χ1) is 10.2. The molecule has 1 amide bonds. The maximum atomic E-state index is 12.1. The summed E-state index contributed by atoms with van der Waals surface area (Å²) in [6, 6.07) is 8.20. The predicted octanol–water partition coefficient (Wildman–Crippen LogP) is 0.980. The highest BCUT2D eigenvalue weighted by Gasteiger charge is 2.19. The van der Waals surface area contributed by atoms with Gasteiger partial charge in [-0.15, -0.1) is 0 Å². The number of carbonyl (C=O) groups excluding carboxylic acids is 1. The van der Waals surface area contributed by atoms with Gasteiger partial charge in [-0.2, -0.15) is 0 Å². The third-order valence-electron chi connectivity index (χ3n) is 3.76. The average Bonchev–Trinajstić information content (AvgIpc) is 2.94. The van der Waals surface area contributed by atoms with E-state index in [0.717, 1.165) is 25.2 Å². The molecule has 1 aliphatic heterocycles. The SMILES string of the molecule is Cc1ccc(NC(=O)CN(CCO)CC2CCCN2)cc1. The number of benzene rings is 1. The van der Waals surface area contributed by atoms with Crippen molar-refractivity contribution >= 4 is 11.6 Å². The van der Waals surface area contributed by atoms with Gasteiger partial charge in [0.2, 0.25) is 5.91 Å². The summed E-state index contributed by atoms with van der Waals surface area (Å²) in [5.74, 6) is -0.0368. The standard InChI is InChI=1S/C16H25N3O2/c1-13-4-6-14(7-5-13)18-16(21)12-19(9-10-20)11-15-3-2-8-17-15/h4-7,15,17,20H,2-3,8-12H2,1H3,(H,18,21). The molecule has 1 fully saturated rings. The minimum Gasteiger partial charge on any atom is -0.395 e. The number of aliphatic hydroxyl groups is 1. The van der Waals surface area contributed by atoms with Crippen LogP contribution < -0.4 is 10.6 Å². The van der Waals surface area contributed by atoms with Gasteiger partial charge in [-0.25, -0.2) is 0 Å². The van der Waals surface area contributed by atoms with Crippen LogP contribution in [0.5, 0.6) is 0 Å². The molecule has 1 saturated heterocycles. The van der Waals surface area contributed by atoms with Crippen molar-refractivity contribution in [1.29, 1.82) is 0 Å². The maximum Gasteiger partial charge on any atom is 0.238 e. The molecule has 0 radical (unpaired) electrons. The Hall–Kier alpha value is -1.43. The smallest absolute Gasteiger partial charge is 0.238 e. The van der Waals surface area contributed by atoms with E-state index in [-0.39, 0.29) is 12.5 Å². The van der Waals surface area contributed by atoms with E-state index in [1.54, 1.807) is 0 Å². The van der Waals surface area contributed by atoms with Crippen molar-refractivity contribution in [2.45, 2.75) is 25.8 Å². The summed E-state index contributed by atoms with van der Waals surface area (Å²) >= 11 is 0. The molecule has 1 heterocycles. The van der Waals surface area contributed by atoms with E-state index in [4.69, 9.17) is 5.11 Å². The number of aliphatic hydroxyl groups excluding tert-OH is 1. The average molecular weight is 291 g/mol. The van der Waals surface area contributed by atoms with Gasteiger partial charge in [0.1, 0.15) is 0 Å². The van der Waals surface area contributed by atoms with Gasteiger partial charge in [0.05, 0.1) is 13.2 Å². The molecular formula is C16H25N3O2. The van der Waals surface area contributed by atoms with E-state index < -0.39 is 0 Å². The monoisotopic (exact) mass is 291 g/mol. The molecule has 21 heavy (non-hydrogen) atoms. The highest BCUT2D eigenvalue weighted by Crippen LogP contribution is 2.10. The summed E-state index contributed by atoms with van der Waals surface area (Å²) in [6.45, 7) is 4.79. The zero-order valence-corrected chi connectivity index (χ0v) is 12.6. The van der Waals surface area contributed by atoms with Crippen molar-refractivity contribution < 1.29 is 9.90 Å². The van der Waals surface area contributed by atoms with Crippen LogP contribution in [0.2, 0.25) is 0 Å². The molecule has 1 aromatic rings. The zero-order chi connectivity index (χ0) is 15.1. The summed E-state index contributed by atoms with van der Waals surface area (Å²) in [4.78, 5) is 14.1. The van der Waals surface area contributed by atoms with E-state index in [9.17, 15) is 4.79 Å². The van der Waals surface area contributed by atoms with Crippen molar-refractivity contribution in [1.82, 2.24) is 10.2 Å². The molecule has 5 nitrogen and oxygen atoms in total. The molecule has 0 aliphatic carbocycles. The first kappa shape index (κ1) is 15.9. The van der Waals surface area contributed by atoms with Gasteiger partial charge in [0.15, 0.2) is 0 Å². The van der Waals surface area contributed by atoms with Gasteiger partial charge in [-0.3, -0.25) is 9.69 Å².